The van der Waals surface area contributed by atoms with Gasteiger partial charge in [-0.2, -0.15) is 0 Å². The molecule has 1 atom stereocenters. The Hall–Kier alpha value is -1.84. The number of para-hydroxylation sites is 1. The second kappa shape index (κ2) is 7.82. The molecule has 0 saturated heterocycles. The Morgan fingerprint density at radius 3 is 2.62 bits per heavy atom. The van der Waals surface area contributed by atoms with E-state index in [1.807, 2.05) is 31.2 Å². The van der Waals surface area contributed by atoms with E-state index in [4.69, 9.17) is 4.74 Å². The lowest BCUT2D eigenvalue weighted by atomic mass is 10.1. The highest BCUT2D eigenvalue weighted by molar-refractivity contribution is 5.31. The third-order valence-corrected chi connectivity index (χ3v) is 4.50. The minimum Gasteiger partial charge on any atom is -0.491 e. The lowest BCUT2D eigenvalue weighted by Crippen LogP contribution is -2.36. The minimum atomic E-state index is -0.477. The second-order valence-corrected chi connectivity index (χ2v) is 6.88. The lowest BCUT2D eigenvalue weighted by Gasteiger charge is -2.25. The van der Waals surface area contributed by atoms with Crippen molar-refractivity contribution in [3.8, 4) is 5.75 Å². The Morgan fingerprint density at radius 1 is 1.12 bits per heavy atom. The van der Waals surface area contributed by atoms with Gasteiger partial charge in [0, 0.05) is 19.1 Å². The van der Waals surface area contributed by atoms with E-state index >= 15 is 0 Å². The van der Waals surface area contributed by atoms with Crippen molar-refractivity contribution >= 4 is 0 Å². The van der Waals surface area contributed by atoms with Gasteiger partial charge < -0.3 is 9.84 Å². The molecule has 1 saturated carbocycles. The lowest BCUT2D eigenvalue weighted by molar-refractivity contribution is 0.0624. The smallest absolute Gasteiger partial charge is 0.122 e. The van der Waals surface area contributed by atoms with Crippen LogP contribution in [0.5, 0.6) is 5.75 Å². The van der Waals surface area contributed by atoms with E-state index < -0.39 is 6.10 Å². The standard InChI is InChI=1S/C21H27NO2/c1-16-6-5-8-18(12-16)13-22(19-10-11-19)14-20(23)15-24-21-9-4-3-7-17(21)2/h3-9,12,19-20,23H,10-11,13-15H2,1-2H3/t20-/m1/s1. The van der Waals surface area contributed by atoms with Gasteiger partial charge in [0.05, 0.1) is 0 Å². The molecule has 1 aliphatic rings. The Kier molecular flexibility index (Phi) is 5.54. The quantitative estimate of drug-likeness (QED) is 0.803. The number of hydrogen-bond donors (Lipinski definition) is 1. The van der Waals surface area contributed by atoms with Gasteiger partial charge in [-0.25, -0.2) is 0 Å². The average Bonchev–Trinajstić information content (AvgIpc) is 3.38. The van der Waals surface area contributed by atoms with E-state index in [0.29, 0.717) is 19.2 Å². The summed E-state index contributed by atoms with van der Waals surface area (Å²) in [4.78, 5) is 2.39. The van der Waals surface area contributed by atoms with Crippen LogP contribution in [0.15, 0.2) is 48.5 Å². The predicted octanol–water partition coefficient (Wildman–Crippen LogP) is 3.71. The van der Waals surface area contributed by atoms with Gasteiger partial charge >= 0.3 is 0 Å². The second-order valence-electron chi connectivity index (χ2n) is 6.88. The van der Waals surface area contributed by atoms with Crippen LogP contribution in [-0.4, -0.2) is 35.3 Å². The van der Waals surface area contributed by atoms with Crippen molar-refractivity contribution in [2.24, 2.45) is 0 Å². The fourth-order valence-electron chi connectivity index (χ4n) is 3.06. The first kappa shape index (κ1) is 17.0. The van der Waals surface area contributed by atoms with Crippen LogP contribution in [0.1, 0.15) is 29.5 Å². The first-order chi connectivity index (χ1) is 11.6. The summed E-state index contributed by atoms with van der Waals surface area (Å²) in [6, 6.07) is 17.2. The van der Waals surface area contributed by atoms with E-state index in [1.165, 1.54) is 24.0 Å². The molecule has 0 aromatic heterocycles. The molecule has 0 radical (unpaired) electrons. The van der Waals surface area contributed by atoms with Crippen molar-refractivity contribution in [3.63, 3.8) is 0 Å². The minimum absolute atomic E-state index is 0.335. The SMILES string of the molecule is Cc1cccc(CN(C[C@@H](O)COc2ccccc2C)C2CC2)c1. The molecule has 1 N–H and O–H groups in total. The highest BCUT2D eigenvalue weighted by Gasteiger charge is 2.30. The number of aliphatic hydroxyl groups excluding tert-OH is 1. The van der Waals surface area contributed by atoms with Crippen molar-refractivity contribution in [1.29, 1.82) is 0 Å². The summed E-state index contributed by atoms with van der Waals surface area (Å²) in [5.41, 5.74) is 3.70. The molecule has 24 heavy (non-hydrogen) atoms. The van der Waals surface area contributed by atoms with Crippen LogP contribution in [0.25, 0.3) is 0 Å². The van der Waals surface area contributed by atoms with Crippen molar-refractivity contribution in [2.45, 2.75) is 45.4 Å². The van der Waals surface area contributed by atoms with Crippen molar-refractivity contribution in [2.75, 3.05) is 13.2 Å². The summed E-state index contributed by atoms with van der Waals surface area (Å²) in [7, 11) is 0. The molecule has 1 aliphatic carbocycles. The third kappa shape index (κ3) is 4.83. The number of aliphatic hydroxyl groups is 1. The molecule has 0 unspecified atom stereocenters. The number of benzene rings is 2. The van der Waals surface area contributed by atoms with Gasteiger partial charge in [0.25, 0.3) is 0 Å². The normalized spacial score (nSPS) is 15.5. The highest BCUT2D eigenvalue weighted by atomic mass is 16.5. The zero-order valence-electron chi connectivity index (χ0n) is 14.6. The molecule has 128 valence electrons. The average molecular weight is 325 g/mol. The van der Waals surface area contributed by atoms with Crippen LogP contribution in [-0.2, 0) is 6.54 Å². The Balaban J connectivity index is 1.54. The van der Waals surface area contributed by atoms with Gasteiger partial charge in [0.1, 0.15) is 18.5 Å². The predicted molar refractivity (Wildman–Crippen MR) is 97.3 cm³/mol. The third-order valence-electron chi connectivity index (χ3n) is 4.50. The molecular weight excluding hydrogens is 298 g/mol. The molecule has 0 amide bonds. The topological polar surface area (TPSA) is 32.7 Å². The summed E-state index contributed by atoms with van der Waals surface area (Å²) in [5.74, 6) is 0.855. The van der Waals surface area contributed by atoms with Crippen molar-refractivity contribution in [1.82, 2.24) is 4.90 Å². The van der Waals surface area contributed by atoms with Crippen LogP contribution >= 0.6 is 0 Å². The van der Waals surface area contributed by atoms with Gasteiger partial charge in [-0.05, 0) is 43.9 Å². The summed E-state index contributed by atoms with van der Waals surface area (Å²) in [5, 5.41) is 10.4. The summed E-state index contributed by atoms with van der Waals surface area (Å²) in [6.45, 7) is 6.03. The molecular formula is C21H27NO2. The molecule has 2 aromatic carbocycles. The van der Waals surface area contributed by atoms with Crippen LogP contribution in [0, 0.1) is 13.8 Å². The van der Waals surface area contributed by atoms with Gasteiger partial charge in [0.15, 0.2) is 0 Å². The Labute approximate surface area is 144 Å². The maximum Gasteiger partial charge on any atom is 0.122 e. The van der Waals surface area contributed by atoms with Gasteiger partial charge in [-0.15, -0.1) is 0 Å². The van der Waals surface area contributed by atoms with Crippen LogP contribution in [0.2, 0.25) is 0 Å². The number of nitrogens with zero attached hydrogens (tertiary/aromatic N) is 1. The maximum absolute atomic E-state index is 10.4. The highest BCUT2D eigenvalue weighted by Crippen LogP contribution is 2.28. The maximum atomic E-state index is 10.4. The van der Waals surface area contributed by atoms with Crippen molar-refractivity contribution < 1.29 is 9.84 Å². The fourth-order valence-corrected chi connectivity index (χ4v) is 3.06. The zero-order valence-corrected chi connectivity index (χ0v) is 14.6. The number of aryl methyl sites for hydroxylation is 2. The molecule has 2 aromatic rings. The largest absolute Gasteiger partial charge is 0.491 e. The molecule has 0 spiro atoms. The van der Waals surface area contributed by atoms with E-state index in [9.17, 15) is 5.11 Å². The molecule has 0 bridgehead atoms. The van der Waals surface area contributed by atoms with Crippen LogP contribution in [0.3, 0.4) is 0 Å². The van der Waals surface area contributed by atoms with Gasteiger partial charge in [-0.1, -0.05) is 48.0 Å². The van der Waals surface area contributed by atoms with Gasteiger partial charge in [0.2, 0.25) is 0 Å². The van der Waals surface area contributed by atoms with E-state index in [2.05, 4.69) is 36.1 Å². The number of hydrogen-bond acceptors (Lipinski definition) is 3. The van der Waals surface area contributed by atoms with Gasteiger partial charge in [-0.3, -0.25) is 4.90 Å². The molecule has 3 nitrogen and oxygen atoms in total. The summed E-state index contributed by atoms with van der Waals surface area (Å²) < 4.78 is 5.79. The summed E-state index contributed by atoms with van der Waals surface area (Å²) >= 11 is 0. The Morgan fingerprint density at radius 2 is 1.92 bits per heavy atom. The van der Waals surface area contributed by atoms with Crippen molar-refractivity contribution in [3.05, 3.63) is 65.2 Å². The zero-order chi connectivity index (χ0) is 16.9. The first-order valence-corrected chi connectivity index (χ1v) is 8.78. The first-order valence-electron chi connectivity index (χ1n) is 8.78. The molecule has 1 fully saturated rings. The number of ether oxygens (including phenoxy) is 1. The molecule has 0 aliphatic heterocycles. The van der Waals surface area contributed by atoms with Crippen LogP contribution < -0.4 is 4.74 Å². The fraction of sp³-hybridized carbons (Fsp3) is 0.429. The monoisotopic (exact) mass is 325 g/mol. The molecule has 3 heteroatoms. The molecule has 3 rings (SSSR count). The van der Waals surface area contributed by atoms with E-state index in [0.717, 1.165) is 17.9 Å². The molecule has 0 heterocycles. The van der Waals surface area contributed by atoms with Crippen LogP contribution in [0.4, 0.5) is 0 Å². The Bertz CT molecular complexity index is 666. The van der Waals surface area contributed by atoms with E-state index in [1.54, 1.807) is 0 Å². The number of rotatable bonds is 8. The summed E-state index contributed by atoms with van der Waals surface area (Å²) in [6.07, 6.45) is 1.99. The van der Waals surface area contributed by atoms with E-state index in [-0.39, 0.29) is 0 Å².